The Morgan fingerprint density at radius 3 is 2.73 bits per heavy atom. The molecule has 0 aliphatic rings. The van der Waals surface area contributed by atoms with Crippen LogP contribution in [-0.2, 0) is 11.3 Å². The third-order valence-electron chi connectivity index (χ3n) is 3.17. The van der Waals surface area contributed by atoms with Gasteiger partial charge in [0.25, 0.3) is 5.91 Å². The highest BCUT2D eigenvalue weighted by atomic mass is 79.9. The second-order valence-corrected chi connectivity index (χ2v) is 6.26. The number of rotatable bonds is 5. The Labute approximate surface area is 143 Å². The van der Waals surface area contributed by atoms with E-state index in [0.29, 0.717) is 17.3 Å². The molecule has 2 rings (SSSR count). The number of halogens is 2. The number of hydrogen-bond acceptors (Lipinski definition) is 2. The molecule has 0 radical (unpaired) electrons. The van der Waals surface area contributed by atoms with Crippen LogP contribution in [-0.4, -0.2) is 12.0 Å². The first-order chi connectivity index (χ1) is 10.5. The summed E-state index contributed by atoms with van der Waals surface area (Å²) >= 11 is 9.50. The highest BCUT2D eigenvalue weighted by Crippen LogP contribution is 2.26. The van der Waals surface area contributed by atoms with Crippen LogP contribution in [0.15, 0.2) is 46.9 Å². The fourth-order valence-corrected chi connectivity index (χ4v) is 2.70. The van der Waals surface area contributed by atoms with Gasteiger partial charge >= 0.3 is 0 Å². The molecule has 3 nitrogen and oxygen atoms in total. The Bertz CT molecular complexity index is 675. The number of amides is 1. The SMILES string of the molecule is Cc1ccc(OC(C)C(=O)NCc2ccccc2Cl)c(Br)c1. The van der Waals surface area contributed by atoms with Crippen molar-refractivity contribution in [2.75, 3.05) is 0 Å². The molecule has 1 N–H and O–H groups in total. The largest absolute Gasteiger partial charge is 0.480 e. The minimum absolute atomic E-state index is 0.188. The Kier molecular flexibility index (Phi) is 5.86. The molecule has 2 aromatic carbocycles. The lowest BCUT2D eigenvalue weighted by Gasteiger charge is -2.16. The summed E-state index contributed by atoms with van der Waals surface area (Å²) in [5.74, 6) is 0.457. The number of benzene rings is 2. The van der Waals surface area contributed by atoms with E-state index >= 15 is 0 Å². The lowest BCUT2D eigenvalue weighted by molar-refractivity contribution is -0.127. The summed E-state index contributed by atoms with van der Waals surface area (Å²) in [5.41, 5.74) is 2.00. The molecule has 2 aromatic rings. The zero-order valence-corrected chi connectivity index (χ0v) is 14.7. The zero-order valence-electron chi connectivity index (χ0n) is 12.4. The van der Waals surface area contributed by atoms with E-state index in [4.69, 9.17) is 16.3 Å². The molecule has 1 atom stereocenters. The fraction of sp³-hybridized carbons (Fsp3) is 0.235. The van der Waals surface area contributed by atoms with Gasteiger partial charge in [0.15, 0.2) is 6.10 Å². The monoisotopic (exact) mass is 381 g/mol. The maximum Gasteiger partial charge on any atom is 0.261 e. The standard InChI is InChI=1S/C17H17BrClNO2/c1-11-7-8-16(14(18)9-11)22-12(2)17(21)20-10-13-5-3-4-6-15(13)19/h3-9,12H,10H2,1-2H3,(H,20,21). The van der Waals surface area contributed by atoms with Crippen LogP contribution in [0.4, 0.5) is 0 Å². The van der Waals surface area contributed by atoms with Crippen molar-refractivity contribution in [2.45, 2.75) is 26.5 Å². The van der Waals surface area contributed by atoms with Gasteiger partial charge in [-0.3, -0.25) is 4.79 Å². The molecule has 1 amide bonds. The normalized spacial score (nSPS) is 11.8. The molecule has 1 unspecified atom stereocenters. The number of hydrogen-bond donors (Lipinski definition) is 1. The van der Waals surface area contributed by atoms with Gasteiger partial charge in [-0.2, -0.15) is 0 Å². The van der Waals surface area contributed by atoms with Crippen molar-refractivity contribution in [1.29, 1.82) is 0 Å². The molecule has 0 aliphatic carbocycles. The minimum atomic E-state index is -0.596. The Morgan fingerprint density at radius 1 is 1.32 bits per heavy atom. The predicted octanol–water partition coefficient (Wildman–Crippen LogP) is 4.49. The zero-order chi connectivity index (χ0) is 16.1. The van der Waals surface area contributed by atoms with Crippen molar-refractivity contribution in [3.63, 3.8) is 0 Å². The lowest BCUT2D eigenvalue weighted by atomic mass is 10.2. The Morgan fingerprint density at radius 2 is 2.05 bits per heavy atom. The van der Waals surface area contributed by atoms with Crippen LogP contribution in [0.2, 0.25) is 5.02 Å². The number of carbonyl (C=O) groups is 1. The number of carbonyl (C=O) groups excluding carboxylic acids is 1. The summed E-state index contributed by atoms with van der Waals surface area (Å²) in [6, 6.07) is 13.2. The molecule has 0 aliphatic heterocycles. The van der Waals surface area contributed by atoms with Crippen LogP contribution < -0.4 is 10.1 Å². The van der Waals surface area contributed by atoms with Gasteiger partial charge in [-0.05, 0) is 59.1 Å². The Balaban J connectivity index is 1.93. The average Bonchev–Trinajstić information content (AvgIpc) is 2.49. The second kappa shape index (κ2) is 7.65. The summed E-state index contributed by atoms with van der Waals surface area (Å²) in [5, 5.41) is 3.46. The molecule has 116 valence electrons. The molecular weight excluding hydrogens is 366 g/mol. The minimum Gasteiger partial charge on any atom is -0.480 e. The van der Waals surface area contributed by atoms with E-state index in [1.165, 1.54) is 0 Å². The van der Waals surface area contributed by atoms with E-state index < -0.39 is 6.10 Å². The van der Waals surface area contributed by atoms with Crippen molar-refractivity contribution < 1.29 is 9.53 Å². The second-order valence-electron chi connectivity index (χ2n) is 5.00. The summed E-state index contributed by atoms with van der Waals surface area (Å²) < 4.78 is 6.52. The Hall–Kier alpha value is -1.52. The summed E-state index contributed by atoms with van der Waals surface area (Å²) in [6.45, 7) is 4.09. The lowest BCUT2D eigenvalue weighted by Crippen LogP contribution is -2.36. The maximum absolute atomic E-state index is 12.1. The molecule has 0 spiro atoms. The molecule has 0 saturated heterocycles. The van der Waals surface area contributed by atoms with Gasteiger partial charge in [-0.15, -0.1) is 0 Å². The van der Waals surface area contributed by atoms with Gasteiger partial charge < -0.3 is 10.1 Å². The third-order valence-corrected chi connectivity index (χ3v) is 4.16. The third kappa shape index (κ3) is 4.49. The van der Waals surface area contributed by atoms with Crippen LogP contribution >= 0.6 is 27.5 Å². The van der Waals surface area contributed by atoms with Crippen LogP contribution in [0.3, 0.4) is 0 Å². The van der Waals surface area contributed by atoms with Gasteiger partial charge in [-0.1, -0.05) is 35.9 Å². The van der Waals surface area contributed by atoms with Crippen molar-refractivity contribution in [1.82, 2.24) is 5.32 Å². The highest BCUT2D eigenvalue weighted by molar-refractivity contribution is 9.10. The molecule has 0 aromatic heterocycles. The van der Waals surface area contributed by atoms with Crippen LogP contribution in [0, 0.1) is 6.92 Å². The predicted molar refractivity (Wildman–Crippen MR) is 92.3 cm³/mol. The van der Waals surface area contributed by atoms with Crippen LogP contribution in [0.5, 0.6) is 5.75 Å². The summed E-state index contributed by atoms with van der Waals surface area (Å²) in [7, 11) is 0. The number of ether oxygens (including phenoxy) is 1. The maximum atomic E-state index is 12.1. The van der Waals surface area contributed by atoms with Gasteiger partial charge in [-0.25, -0.2) is 0 Å². The van der Waals surface area contributed by atoms with Gasteiger partial charge in [0.05, 0.1) is 4.47 Å². The number of aryl methyl sites for hydroxylation is 1. The number of nitrogens with one attached hydrogen (secondary N) is 1. The first kappa shape index (κ1) is 16.8. The van der Waals surface area contributed by atoms with E-state index in [-0.39, 0.29) is 5.91 Å². The molecule has 0 saturated carbocycles. The van der Waals surface area contributed by atoms with Crippen molar-refractivity contribution in [2.24, 2.45) is 0 Å². The molecule has 0 heterocycles. The van der Waals surface area contributed by atoms with Crippen LogP contribution in [0.25, 0.3) is 0 Å². The fourth-order valence-electron chi connectivity index (χ4n) is 1.91. The molecule has 5 heteroatoms. The highest BCUT2D eigenvalue weighted by Gasteiger charge is 2.16. The van der Waals surface area contributed by atoms with Crippen molar-refractivity contribution in [3.05, 3.63) is 63.1 Å². The van der Waals surface area contributed by atoms with Gasteiger partial charge in [0.2, 0.25) is 0 Å². The average molecular weight is 383 g/mol. The molecule has 0 bridgehead atoms. The molecular formula is C17H17BrClNO2. The quantitative estimate of drug-likeness (QED) is 0.827. The van der Waals surface area contributed by atoms with Gasteiger partial charge in [0, 0.05) is 11.6 Å². The molecule has 22 heavy (non-hydrogen) atoms. The summed E-state index contributed by atoms with van der Waals surface area (Å²) in [6.07, 6.45) is -0.596. The van der Waals surface area contributed by atoms with Crippen molar-refractivity contribution >= 4 is 33.4 Å². The molecule has 0 fully saturated rings. The first-order valence-electron chi connectivity index (χ1n) is 6.91. The van der Waals surface area contributed by atoms with E-state index in [0.717, 1.165) is 15.6 Å². The summed E-state index contributed by atoms with van der Waals surface area (Å²) in [4.78, 5) is 12.1. The smallest absolute Gasteiger partial charge is 0.261 e. The van der Waals surface area contributed by atoms with E-state index in [9.17, 15) is 4.79 Å². The van der Waals surface area contributed by atoms with Gasteiger partial charge in [0.1, 0.15) is 5.75 Å². The van der Waals surface area contributed by atoms with Crippen molar-refractivity contribution in [3.8, 4) is 5.75 Å². The first-order valence-corrected chi connectivity index (χ1v) is 8.08. The van der Waals surface area contributed by atoms with E-state index in [1.54, 1.807) is 13.0 Å². The van der Waals surface area contributed by atoms with E-state index in [2.05, 4.69) is 21.2 Å². The topological polar surface area (TPSA) is 38.3 Å². The van der Waals surface area contributed by atoms with E-state index in [1.807, 2.05) is 43.3 Å². The van der Waals surface area contributed by atoms with Crippen LogP contribution in [0.1, 0.15) is 18.1 Å².